The maximum atomic E-state index is 13.4. The van der Waals surface area contributed by atoms with Crippen LogP contribution in [-0.4, -0.2) is 46.5 Å². The number of fused-ring (bicyclic) bond motifs is 1. The molecule has 2 aliphatic heterocycles. The number of nitrogens with zero attached hydrogens (tertiary/aromatic N) is 4. The first-order valence-corrected chi connectivity index (χ1v) is 12.7. The summed E-state index contributed by atoms with van der Waals surface area (Å²) >= 11 is 0. The van der Waals surface area contributed by atoms with Crippen molar-refractivity contribution in [2.45, 2.75) is 45.6 Å². The number of carbonyl (C=O) groups is 1. The highest BCUT2D eigenvalue weighted by Crippen LogP contribution is 2.27. The van der Waals surface area contributed by atoms with Crippen molar-refractivity contribution in [1.29, 1.82) is 0 Å². The lowest BCUT2D eigenvalue weighted by atomic mass is 9.89. The summed E-state index contributed by atoms with van der Waals surface area (Å²) in [6.07, 6.45) is 5.00. The molecule has 0 spiro atoms. The van der Waals surface area contributed by atoms with Crippen molar-refractivity contribution in [3.63, 3.8) is 0 Å². The molecule has 2 fully saturated rings. The van der Waals surface area contributed by atoms with Gasteiger partial charge in [0.25, 0.3) is 5.56 Å². The fraction of sp³-hybridized carbons (Fsp3) is 0.464. The number of hydrogen-bond acceptors (Lipinski definition) is 4. The first-order valence-electron chi connectivity index (χ1n) is 12.7. The zero-order chi connectivity index (χ0) is 23.5. The first-order chi connectivity index (χ1) is 16.6. The van der Waals surface area contributed by atoms with Crippen molar-refractivity contribution in [3.8, 4) is 0 Å². The number of hydrogen-bond donors (Lipinski definition) is 0. The molecule has 1 aromatic heterocycles. The Balaban J connectivity index is 1.26. The first kappa shape index (κ1) is 22.6. The number of piperidine rings is 2. The maximum absolute atomic E-state index is 13.4. The van der Waals surface area contributed by atoms with Gasteiger partial charge in [0.2, 0.25) is 5.91 Å². The van der Waals surface area contributed by atoms with E-state index in [4.69, 9.17) is 4.98 Å². The highest BCUT2D eigenvalue weighted by atomic mass is 16.2. The van der Waals surface area contributed by atoms with Gasteiger partial charge in [-0.1, -0.05) is 42.5 Å². The van der Waals surface area contributed by atoms with Gasteiger partial charge in [0.05, 0.1) is 17.0 Å². The minimum atomic E-state index is -0.0674. The molecule has 0 N–H and O–H groups in total. The Labute approximate surface area is 201 Å². The number of aryl methyl sites for hydroxylation is 1. The number of rotatable bonds is 5. The van der Waals surface area contributed by atoms with Crippen molar-refractivity contribution in [2.24, 2.45) is 11.8 Å². The van der Waals surface area contributed by atoms with Crippen LogP contribution >= 0.6 is 0 Å². The van der Waals surface area contributed by atoms with E-state index in [9.17, 15) is 9.59 Å². The van der Waals surface area contributed by atoms with Crippen LogP contribution in [-0.2, 0) is 17.8 Å². The maximum Gasteiger partial charge on any atom is 0.293 e. The third-order valence-electron chi connectivity index (χ3n) is 7.52. The van der Waals surface area contributed by atoms with E-state index in [2.05, 4.69) is 40.1 Å². The quantitative estimate of drug-likeness (QED) is 0.577. The smallest absolute Gasteiger partial charge is 0.293 e. The predicted molar refractivity (Wildman–Crippen MR) is 136 cm³/mol. The molecule has 178 valence electrons. The number of likely N-dealkylation sites (tertiary alicyclic amines) is 1. The van der Waals surface area contributed by atoms with Gasteiger partial charge in [-0.15, -0.1) is 0 Å². The number of benzene rings is 2. The fourth-order valence-electron chi connectivity index (χ4n) is 5.63. The predicted octanol–water partition coefficient (Wildman–Crippen LogP) is 4.11. The summed E-state index contributed by atoms with van der Waals surface area (Å²) in [6, 6.07) is 18.4. The molecule has 2 aromatic carbocycles. The van der Waals surface area contributed by atoms with Crippen LogP contribution in [0.1, 0.15) is 38.2 Å². The van der Waals surface area contributed by atoms with Crippen LogP contribution in [0.5, 0.6) is 0 Å². The van der Waals surface area contributed by atoms with Gasteiger partial charge in [0.15, 0.2) is 5.82 Å². The summed E-state index contributed by atoms with van der Waals surface area (Å²) in [6.45, 7) is 5.61. The Morgan fingerprint density at radius 3 is 2.47 bits per heavy atom. The van der Waals surface area contributed by atoms with Crippen LogP contribution in [0.15, 0.2) is 59.4 Å². The summed E-state index contributed by atoms with van der Waals surface area (Å²) in [7, 11) is 0. The van der Waals surface area contributed by atoms with Crippen LogP contribution in [0.4, 0.5) is 5.82 Å². The molecule has 0 radical (unpaired) electrons. The number of anilines is 1. The third-order valence-corrected chi connectivity index (χ3v) is 7.52. The second-order valence-corrected chi connectivity index (χ2v) is 9.72. The summed E-state index contributed by atoms with van der Waals surface area (Å²) in [5, 5.41) is 0. The Bertz CT molecular complexity index is 1200. The average Bonchev–Trinajstić information content (AvgIpc) is 2.89. The lowest BCUT2D eigenvalue weighted by Crippen LogP contribution is -2.48. The molecule has 0 saturated carbocycles. The lowest BCUT2D eigenvalue weighted by molar-refractivity contribution is -0.137. The van der Waals surface area contributed by atoms with Gasteiger partial charge in [-0.3, -0.25) is 9.59 Å². The molecule has 5 rings (SSSR count). The van der Waals surface area contributed by atoms with Crippen molar-refractivity contribution < 1.29 is 4.79 Å². The second kappa shape index (κ2) is 10.00. The molecule has 1 unspecified atom stereocenters. The van der Waals surface area contributed by atoms with Crippen LogP contribution in [0.25, 0.3) is 11.0 Å². The number of carbonyl (C=O) groups excluding carboxylic acids is 1. The molecule has 0 bridgehead atoms. The Morgan fingerprint density at radius 1 is 0.971 bits per heavy atom. The van der Waals surface area contributed by atoms with Gasteiger partial charge in [0.1, 0.15) is 0 Å². The summed E-state index contributed by atoms with van der Waals surface area (Å²) in [4.78, 5) is 35.5. The Kier molecular flexibility index (Phi) is 6.66. The zero-order valence-corrected chi connectivity index (χ0v) is 20.0. The van der Waals surface area contributed by atoms with E-state index >= 15 is 0 Å². The molecule has 2 saturated heterocycles. The normalized spacial score (nSPS) is 19.5. The van der Waals surface area contributed by atoms with E-state index in [1.54, 1.807) is 4.57 Å². The van der Waals surface area contributed by atoms with E-state index in [-0.39, 0.29) is 17.4 Å². The summed E-state index contributed by atoms with van der Waals surface area (Å²) in [5.74, 6) is 1.31. The van der Waals surface area contributed by atoms with Crippen LogP contribution in [0, 0.1) is 11.8 Å². The van der Waals surface area contributed by atoms with Gasteiger partial charge in [0, 0.05) is 32.7 Å². The van der Waals surface area contributed by atoms with Gasteiger partial charge in [-0.2, -0.15) is 0 Å². The molecular formula is C28H34N4O2. The fourth-order valence-corrected chi connectivity index (χ4v) is 5.63. The van der Waals surface area contributed by atoms with Crippen LogP contribution in [0.3, 0.4) is 0 Å². The molecule has 6 nitrogen and oxygen atoms in total. The number of para-hydroxylation sites is 2. The van der Waals surface area contributed by atoms with Gasteiger partial charge in [-0.25, -0.2) is 4.98 Å². The zero-order valence-electron chi connectivity index (χ0n) is 20.0. The molecule has 0 aliphatic carbocycles. The van der Waals surface area contributed by atoms with E-state index < -0.39 is 0 Å². The Morgan fingerprint density at radius 2 is 1.71 bits per heavy atom. The average molecular weight is 459 g/mol. The van der Waals surface area contributed by atoms with Crippen molar-refractivity contribution >= 4 is 22.8 Å². The highest BCUT2D eigenvalue weighted by Gasteiger charge is 2.33. The van der Waals surface area contributed by atoms with E-state index in [1.165, 1.54) is 5.56 Å². The van der Waals surface area contributed by atoms with Crippen molar-refractivity contribution in [3.05, 3.63) is 70.5 Å². The second-order valence-electron chi connectivity index (χ2n) is 9.72. The van der Waals surface area contributed by atoms with E-state index in [1.807, 2.05) is 31.2 Å². The molecule has 6 heteroatoms. The lowest BCUT2D eigenvalue weighted by Gasteiger charge is -2.38. The van der Waals surface area contributed by atoms with Crippen LogP contribution in [0.2, 0.25) is 0 Å². The molecule has 34 heavy (non-hydrogen) atoms. The van der Waals surface area contributed by atoms with Gasteiger partial charge >= 0.3 is 0 Å². The van der Waals surface area contributed by atoms with E-state index in [0.717, 1.165) is 62.8 Å². The standard InChI is InChI=1S/C28H34N4O2/c1-2-32-25-13-7-6-12-24(25)29-26(28(32)34)31-16-8-11-23(20-31)27(33)30-17-14-22(15-18-30)19-21-9-4-3-5-10-21/h3-7,9-10,12-13,22-23H,2,8,11,14-20H2,1H3. The molecular weight excluding hydrogens is 424 g/mol. The molecule has 2 aliphatic rings. The molecule has 1 amide bonds. The van der Waals surface area contributed by atoms with Crippen LogP contribution < -0.4 is 10.5 Å². The monoisotopic (exact) mass is 458 g/mol. The van der Waals surface area contributed by atoms with Gasteiger partial charge in [-0.05, 0) is 62.6 Å². The largest absolute Gasteiger partial charge is 0.351 e. The van der Waals surface area contributed by atoms with Gasteiger partial charge < -0.3 is 14.4 Å². The summed E-state index contributed by atoms with van der Waals surface area (Å²) < 4.78 is 1.79. The SMILES string of the molecule is CCn1c(=O)c(N2CCCC(C(=O)N3CCC(Cc4ccccc4)CC3)C2)nc2ccccc21. The van der Waals surface area contributed by atoms with Crippen molar-refractivity contribution in [2.75, 3.05) is 31.1 Å². The van der Waals surface area contributed by atoms with E-state index in [0.29, 0.717) is 24.8 Å². The third kappa shape index (κ3) is 4.59. The highest BCUT2D eigenvalue weighted by molar-refractivity contribution is 5.80. The molecule has 3 aromatic rings. The molecule has 3 heterocycles. The molecule has 1 atom stereocenters. The summed E-state index contributed by atoms with van der Waals surface area (Å²) in [5.41, 5.74) is 3.02. The minimum Gasteiger partial charge on any atom is -0.351 e. The Hall–Kier alpha value is -3.15. The number of amides is 1. The topological polar surface area (TPSA) is 58.4 Å². The minimum absolute atomic E-state index is 0.0592. The number of aromatic nitrogens is 2. The van der Waals surface area contributed by atoms with Crippen molar-refractivity contribution in [1.82, 2.24) is 14.5 Å².